The first kappa shape index (κ1) is 14.8. The Kier molecular flexibility index (Phi) is 9.73. The maximum absolute atomic E-state index is 5.70. The van der Waals surface area contributed by atoms with E-state index in [4.69, 9.17) is 18.7 Å². The van der Waals surface area contributed by atoms with E-state index in [1.807, 2.05) is 20.8 Å². The summed E-state index contributed by atoms with van der Waals surface area (Å²) >= 11 is 0. The van der Waals surface area contributed by atoms with Crippen LogP contribution in [0.5, 0.6) is 0 Å². The second-order valence-corrected chi connectivity index (χ2v) is 3.98. The van der Waals surface area contributed by atoms with Gasteiger partial charge in [-0.3, -0.25) is 5.40 Å². The number of nitrogens with two attached hydrogens (primary N) is 1. The van der Waals surface area contributed by atoms with Crippen LogP contribution in [0.4, 0.5) is 0 Å². The van der Waals surface area contributed by atoms with Crippen molar-refractivity contribution in [3.05, 3.63) is 0 Å². The number of hydrogen-bond acceptors (Lipinski definition) is 4. The third kappa shape index (κ3) is 5.87. The first-order chi connectivity index (χ1) is 5.18. The van der Waals surface area contributed by atoms with Crippen LogP contribution >= 0.6 is 0 Å². The molecule has 0 aromatic carbocycles. The van der Waals surface area contributed by atoms with Gasteiger partial charge in [0.05, 0.1) is 0 Å². The lowest BCUT2D eigenvalue weighted by Gasteiger charge is -2.22. The third-order valence-electron chi connectivity index (χ3n) is 1.04. The molecule has 0 saturated carbocycles. The minimum absolute atomic E-state index is 0. The minimum atomic E-state index is -2.75. The van der Waals surface area contributed by atoms with E-state index in [0.717, 1.165) is 0 Å². The largest absolute Gasteiger partial charge is 0.594 e. The van der Waals surface area contributed by atoms with Crippen molar-refractivity contribution < 1.29 is 13.3 Å². The molecule has 12 heavy (non-hydrogen) atoms. The zero-order chi connectivity index (χ0) is 8.74. The van der Waals surface area contributed by atoms with Crippen LogP contribution in [0.3, 0.4) is 0 Å². The predicted molar refractivity (Wildman–Crippen MR) is 56.2 cm³/mol. The molecule has 0 aromatic heterocycles. The second-order valence-electron chi connectivity index (χ2n) is 1.90. The molecule has 6 heteroatoms. The van der Waals surface area contributed by atoms with Gasteiger partial charge in [-0.15, -0.1) is 0 Å². The quantitative estimate of drug-likeness (QED) is 0.575. The van der Waals surface area contributed by atoms with E-state index >= 15 is 0 Å². The summed E-state index contributed by atoms with van der Waals surface area (Å²) in [6, 6.07) is 0. The van der Waals surface area contributed by atoms with Gasteiger partial charge in [0.25, 0.3) is 0 Å². The monoisotopic (exact) mass is 211 g/mol. The van der Waals surface area contributed by atoms with Gasteiger partial charge in [-0.2, -0.15) is 0 Å². The summed E-state index contributed by atoms with van der Waals surface area (Å²) in [5.74, 6) is 0. The maximum Gasteiger partial charge on any atom is 0.594 e. The molecule has 0 heterocycles. The molecule has 0 fully saturated rings. The van der Waals surface area contributed by atoms with Crippen molar-refractivity contribution in [2.75, 3.05) is 19.8 Å². The van der Waals surface area contributed by atoms with Crippen LogP contribution in [0.25, 0.3) is 0 Å². The summed E-state index contributed by atoms with van der Waals surface area (Å²) in [4.78, 5) is 0. The van der Waals surface area contributed by atoms with Crippen LogP contribution in [0, 0.1) is 0 Å². The molecule has 0 aromatic rings. The fourth-order valence-corrected chi connectivity index (χ4v) is 2.19. The zero-order valence-electron chi connectivity index (χ0n) is 7.42. The highest BCUT2D eigenvalue weighted by atomic mass is 28.4. The third-order valence-corrected chi connectivity index (χ3v) is 3.11. The molecule has 0 unspecified atom stereocenters. The normalized spacial score (nSPS) is 11.0. The summed E-state index contributed by atoms with van der Waals surface area (Å²) in [5.41, 5.74) is 0. The first-order valence-electron chi connectivity index (χ1n) is 3.89. The maximum atomic E-state index is 5.70. The molecule has 2 N–H and O–H groups in total. The summed E-state index contributed by atoms with van der Waals surface area (Å²) in [7, 11) is -2.75. The summed E-state index contributed by atoms with van der Waals surface area (Å²) in [5, 5.41) is 5.70. The number of rotatable bonds is 6. The molecule has 0 spiro atoms. The first-order valence-corrected chi connectivity index (χ1v) is 5.69. The van der Waals surface area contributed by atoms with Crippen LogP contribution < -0.4 is 5.40 Å². The van der Waals surface area contributed by atoms with Crippen LogP contribution in [-0.2, 0) is 13.3 Å². The molecular weight excluding hydrogens is 190 g/mol. The predicted octanol–water partition coefficient (Wildman–Crippen LogP) is -0.961. The van der Waals surface area contributed by atoms with E-state index in [1.54, 1.807) is 0 Å². The second kappa shape index (κ2) is 7.90. The van der Waals surface area contributed by atoms with Gasteiger partial charge in [0, 0.05) is 19.8 Å². The van der Waals surface area contributed by atoms with Crippen molar-refractivity contribution in [3.8, 4) is 0 Å². The molecule has 0 amide bonds. The van der Waals surface area contributed by atoms with Crippen LogP contribution in [0.2, 0.25) is 0 Å². The van der Waals surface area contributed by atoms with Gasteiger partial charge >= 0.3 is 8.97 Å². The Morgan fingerprint density at radius 1 is 0.917 bits per heavy atom. The van der Waals surface area contributed by atoms with Gasteiger partial charge < -0.3 is 13.3 Å². The van der Waals surface area contributed by atoms with Crippen molar-refractivity contribution in [2.24, 2.45) is 5.40 Å². The van der Waals surface area contributed by atoms with Gasteiger partial charge in [0.15, 0.2) is 0 Å². The fraction of sp³-hybridized carbons (Fsp3) is 1.00. The molecule has 0 aliphatic rings. The van der Waals surface area contributed by atoms with Crippen molar-refractivity contribution >= 4 is 19.9 Å². The average molecular weight is 211 g/mol. The highest BCUT2D eigenvalue weighted by Gasteiger charge is 2.35. The van der Waals surface area contributed by atoms with Crippen molar-refractivity contribution in [1.82, 2.24) is 0 Å². The smallest absolute Gasteiger partial charge is 0.362 e. The Labute approximate surface area is 79.8 Å². The SMILES string of the molecule is CCO[Si](N)(OCC)OCC.[SiH4]. The molecule has 0 atom stereocenters. The topological polar surface area (TPSA) is 53.7 Å². The van der Waals surface area contributed by atoms with E-state index in [9.17, 15) is 0 Å². The summed E-state index contributed by atoms with van der Waals surface area (Å²) in [6.07, 6.45) is 0. The average Bonchev–Trinajstić information content (AvgIpc) is 1.88. The summed E-state index contributed by atoms with van der Waals surface area (Å²) in [6.45, 7) is 7.19. The van der Waals surface area contributed by atoms with Crippen LogP contribution in [-0.4, -0.2) is 39.8 Å². The van der Waals surface area contributed by atoms with Gasteiger partial charge in [-0.05, 0) is 31.7 Å². The van der Waals surface area contributed by atoms with Crippen LogP contribution in [0.1, 0.15) is 20.8 Å². The van der Waals surface area contributed by atoms with Gasteiger partial charge in [0.1, 0.15) is 0 Å². The highest BCUT2D eigenvalue weighted by molar-refractivity contribution is 6.56. The molecule has 0 aliphatic heterocycles. The van der Waals surface area contributed by atoms with E-state index in [2.05, 4.69) is 0 Å². The molecule has 0 aliphatic carbocycles. The van der Waals surface area contributed by atoms with E-state index < -0.39 is 8.97 Å². The lowest BCUT2D eigenvalue weighted by Crippen LogP contribution is -2.55. The van der Waals surface area contributed by atoms with Gasteiger partial charge in [0.2, 0.25) is 0 Å². The molecular formula is C6H21NO3Si2. The number of hydrogen-bond donors (Lipinski definition) is 1. The van der Waals surface area contributed by atoms with E-state index in [0.29, 0.717) is 19.8 Å². The lowest BCUT2D eigenvalue weighted by molar-refractivity contribution is 0.0723. The molecule has 4 nitrogen and oxygen atoms in total. The van der Waals surface area contributed by atoms with Crippen molar-refractivity contribution in [3.63, 3.8) is 0 Å². The van der Waals surface area contributed by atoms with E-state index in [-0.39, 0.29) is 11.0 Å². The zero-order valence-corrected chi connectivity index (χ0v) is 8.42. The lowest BCUT2D eigenvalue weighted by atomic mass is 10.9. The Morgan fingerprint density at radius 3 is 1.33 bits per heavy atom. The van der Waals surface area contributed by atoms with Gasteiger partial charge in [-0.1, -0.05) is 0 Å². The Hall–Kier alpha value is 0.274. The molecule has 0 bridgehead atoms. The van der Waals surface area contributed by atoms with Crippen LogP contribution in [0.15, 0.2) is 0 Å². The standard InChI is InChI=1S/C6H17NO3Si.H4Si/c1-4-8-11(7,9-5-2)10-6-3;/h4-7H2,1-3H3;1H4. The Bertz CT molecular complexity index is 87.8. The van der Waals surface area contributed by atoms with Crippen molar-refractivity contribution in [2.45, 2.75) is 20.8 Å². The summed E-state index contributed by atoms with van der Waals surface area (Å²) < 4.78 is 15.5. The highest BCUT2D eigenvalue weighted by Crippen LogP contribution is 2.00. The molecule has 0 radical (unpaired) electrons. The van der Waals surface area contributed by atoms with Gasteiger partial charge in [-0.25, -0.2) is 0 Å². The fourth-order valence-electron chi connectivity index (χ4n) is 0.729. The molecule has 76 valence electrons. The van der Waals surface area contributed by atoms with E-state index in [1.165, 1.54) is 0 Å². The minimum Gasteiger partial charge on any atom is -0.362 e. The Balaban J connectivity index is 0. The Morgan fingerprint density at radius 2 is 1.17 bits per heavy atom. The molecule has 0 rings (SSSR count). The van der Waals surface area contributed by atoms with Crippen molar-refractivity contribution in [1.29, 1.82) is 0 Å². The molecule has 0 saturated heterocycles.